The Hall–Kier alpha value is -2.69. The Morgan fingerprint density at radius 3 is 2.50 bits per heavy atom. The van der Waals surface area contributed by atoms with Crippen LogP contribution in [0.25, 0.3) is 22.6 Å². The molecule has 0 bridgehead atoms. The second kappa shape index (κ2) is 4.77. The SMILES string of the molecule is Cc1ccc(-c2c(-c3ncccn3)noc2N)cc1C. The molecule has 1 aromatic carbocycles. The maximum Gasteiger partial charge on any atom is 0.230 e. The van der Waals surface area contributed by atoms with E-state index in [1.54, 1.807) is 18.5 Å². The molecule has 100 valence electrons. The highest BCUT2D eigenvalue weighted by molar-refractivity contribution is 5.85. The molecule has 5 heteroatoms. The van der Waals surface area contributed by atoms with Crippen LogP contribution in [-0.2, 0) is 0 Å². The molecule has 0 aliphatic rings. The Kier molecular flexibility index (Phi) is 2.95. The maximum absolute atomic E-state index is 5.91. The molecular formula is C15H14N4O. The molecule has 0 spiro atoms. The Morgan fingerprint density at radius 1 is 1.05 bits per heavy atom. The lowest BCUT2D eigenvalue weighted by atomic mass is 10.00. The van der Waals surface area contributed by atoms with Gasteiger partial charge in [-0.05, 0) is 36.6 Å². The topological polar surface area (TPSA) is 77.8 Å². The van der Waals surface area contributed by atoms with Gasteiger partial charge in [0.05, 0.1) is 5.56 Å². The summed E-state index contributed by atoms with van der Waals surface area (Å²) < 4.78 is 5.12. The van der Waals surface area contributed by atoms with Crippen molar-refractivity contribution in [3.05, 3.63) is 47.8 Å². The number of nitrogens with two attached hydrogens (primary N) is 1. The Balaban J connectivity index is 2.19. The van der Waals surface area contributed by atoms with Gasteiger partial charge in [-0.15, -0.1) is 0 Å². The van der Waals surface area contributed by atoms with Crippen molar-refractivity contribution >= 4 is 5.88 Å². The van der Waals surface area contributed by atoms with Gasteiger partial charge in [0.2, 0.25) is 5.88 Å². The van der Waals surface area contributed by atoms with Crippen molar-refractivity contribution in [1.82, 2.24) is 15.1 Å². The number of aryl methyl sites for hydroxylation is 2. The highest BCUT2D eigenvalue weighted by Gasteiger charge is 2.19. The first kappa shape index (κ1) is 12.3. The van der Waals surface area contributed by atoms with Crippen LogP contribution in [-0.4, -0.2) is 15.1 Å². The molecule has 0 saturated heterocycles. The summed E-state index contributed by atoms with van der Waals surface area (Å²) in [5.41, 5.74) is 10.6. The third-order valence-electron chi connectivity index (χ3n) is 3.29. The summed E-state index contributed by atoms with van der Waals surface area (Å²) in [6, 6.07) is 7.86. The van der Waals surface area contributed by atoms with Crippen LogP contribution in [0, 0.1) is 13.8 Å². The van der Waals surface area contributed by atoms with Crippen molar-refractivity contribution < 1.29 is 4.52 Å². The number of anilines is 1. The maximum atomic E-state index is 5.91. The minimum atomic E-state index is 0.274. The quantitative estimate of drug-likeness (QED) is 0.771. The fourth-order valence-corrected chi connectivity index (χ4v) is 2.05. The molecule has 0 aliphatic heterocycles. The molecule has 0 unspecified atom stereocenters. The minimum absolute atomic E-state index is 0.274. The molecule has 0 amide bonds. The smallest absolute Gasteiger partial charge is 0.230 e. The van der Waals surface area contributed by atoms with E-state index in [0.717, 1.165) is 11.1 Å². The average Bonchev–Trinajstić information content (AvgIpc) is 2.85. The van der Waals surface area contributed by atoms with Gasteiger partial charge in [-0.1, -0.05) is 23.4 Å². The van der Waals surface area contributed by atoms with Crippen LogP contribution < -0.4 is 5.73 Å². The molecule has 2 heterocycles. The molecule has 0 aliphatic carbocycles. The van der Waals surface area contributed by atoms with Crippen molar-refractivity contribution in [2.75, 3.05) is 5.73 Å². The molecular weight excluding hydrogens is 252 g/mol. The minimum Gasteiger partial charge on any atom is -0.367 e. The molecule has 3 rings (SSSR count). The van der Waals surface area contributed by atoms with Gasteiger partial charge in [0.15, 0.2) is 11.5 Å². The number of nitrogen functional groups attached to an aromatic ring is 1. The third kappa shape index (κ3) is 2.03. The summed E-state index contributed by atoms with van der Waals surface area (Å²) in [6.07, 6.45) is 3.33. The van der Waals surface area contributed by atoms with Gasteiger partial charge < -0.3 is 10.3 Å². The summed E-state index contributed by atoms with van der Waals surface area (Å²) in [5.74, 6) is 0.775. The highest BCUT2D eigenvalue weighted by atomic mass is 16.5. The molecule has 2 N–H and O–H groups in total. The second-order valence-electron chi connectivity index (χ2n) is 4.64. The Labute approximate surface area is 116 Å². The van der Waals surface area contributed by atoms with Crippen LogP contribution in [0.1, 0.15) is 11.1 Å². The van der Waals surface area contributed by atoms with E-state index in [4.69, 9.17) is 10.3 Å². The number of nitrogens with zero attached hydrogens (tertiary/aromatic N) is 3. The van der Waals surface area contributed by atoms with Crippen molar-refractivity contribution in [1.29, 1.82) is 0 Å². The molecule has 0 atom stereocenters. The van der Waals surface area contributed by atoms with E-state index < -0.39 is 0 Å². The number of benzene rings is 1. The van der Waals surface area contributed by atoms with Gasteiger partial charge in [0, 0.05) is 12.4 Å². The number of rotatable bonds is 2. The lowest BCUT2D eigenvalue weighted by Gasteiger charge is -2.05. The summed E-state index contributed by atoms with van der Waals surface area (Å²) in [6.45, 7) is 4.12. The van der Waals surface area contributed by atoms with Gasteiger partial charge in [-0.2, -0.15) is 0 Å². The van der Waals surface area contributed by atoms with Gasteiger partial charge >= 0.3 is 0 Å². The van der Waals surface area contributed by atoms with E-state index in [-0.39, 0.29) is 5.88 Å². The van der Waals surface area contributed by atoms with Gasteiger partial charge in [-0.3, -0.25) is 0 Å². The molecule has 2 aromatic heterocycles. The summed E-state index contributed by atoms with van der Waals surface area (Å²) in [4.78, 5) is 8.40. The van der Waals surface area contributed by atoms with Crippen molar-refractivity contribution in [3.8, 4) is 22.6 Å². The Morgan fingerprint density at radius 2 is 1.80 bits per heavy atom. The summed E-state index contributed by atoms with van der Waals surface area (Å²) in [5, 5.41) is 3.99. The summed E-state index contributed by atoms with van der Waals surface area (Å²) >= 11 is 0. The predicted octanol–water partition coefficient (Wildman–Crippen LogP) is 3.00. The van der Waals surface area contributed by atoms with E-state index >= 15 is 0 Å². The van der Waals surface area contributed by atoms with Crippen molar-refractivity contribution in [3.63, 3.8) is 0 Å². The molecule has 0 saturated carbocycles. The van der Waals surface area contributed by atoms with Crippen molar-refractivity contribution in [2.24, 2.45) is 0 Å². The van der Waals surface area contributed by atoms with Crippen molar-refractivity contribution in [2.45, 2.75) is 13.8 Å². The number of hydrogen-bond donors (Lipinski definition) is 1. The van der Waals surface area contributed by atoms with E-state index in [9.17, 15) is 0 Å². The van der Waals surface area contributed by atoms with E-state index in [1.165, 1.54) is 11.1 Å². The Bertz CT molecular complexity index is 750. The molecule has 5 nitrogen and oxygen atoms in total. The fourth-order valence-electron chi connectivity index (χ4n) is 2.05. The first-order chi connectivity index (χ1) is 9.66. The largest absolute Gasteiger partial charge is 0.367 e. The van der Waals surface area contributed by atoms with Crippen LogP contribution in [0.4, 0.5) is 5.88 Å². The summed E-state index contributed by atoms with van der Waals surface area (Å²) in [7, 11) is 0. The van der Waals surface area contributed by atoms with Gasteiger partial charge in [-0.25, -0.2) is 9.97 Å². The van der Waals surface area contributed by atoms with Crippen LogP contribution in [0.2, 0.25) is 0 Å². The van der Waals surface area contributed by atoms with E-state index in [1.807, 2.05) is 12.1 Å². The third-order valence-corrected chi connectivity index (χ3v) is 3.29. The molecule has 20 heavy (non-hydrogen) atoms. The van der Waals surface area contributed by atoms with Crippen LogP contribution >= 0.6 is 0 Å². The van der Waals surface area contributed by atoms with Crippen LogP contribution in [0.5, 0.6) is 0 Å². The van der Waals surface area contributed by atoms with E-state index in [0.29, 0.717) is 11.5 Å². The standard InChI is InChI=1S/C15H14N4O/c1-9-4-5-11(8-10(9)2)12-13(19-20-14(12)16)15-17-6-3-7-18-15/h3-8H,16H2,1-2H3. The van der Waals surface area contributed by atoms with Gasteiger partial charge in [0.1, 0.15) is 0 Å². The molecule has 3 aromatic rings. The highest BCUT2D eigenvalue weighted by Crippen LogP contribution is 2.35. The predicted molar refractivity (Wildman–Crippen MR) is 76.9 cm³/mol. The molecule has 0 radical (unpaired) electrons. The number of aromatic nitrogens is 3. The monoisotopic (exact) mass is 266 g/mol. The number of hydrogen-bond acceptors (Lipinski definition) is 5. The lowest BCUT2D eigenvalue weighted by Crippen LogP contribution is -1.92. The normalized spacial score (nSPS) is 10.7. The van der Waals surface area contributed by atoms with Gasteiger partial charge in [0.25, 0.3) is 0 Å². The first-order valence-corrected chi connectivity index (χ1v) is 6.27. The lowest BCUT2D eigenvalue weighted by molar-refractivity contribution is 0.439. The van der Waals surface area contributed by atoms with Crippen LogP contribution in [0.15, 0.2) is 41.2 Å². The zero-order valence-electron chi connectivity index (χ0n) is 11.3. The second-order valence-corrected chi connectivity index (χ2v) is 4.64. The zero-order valence-corrected chi connectivity index (χ0v) is 11.3. The van der Waals surface area contributed by atoms with Crippen LogP contribution in [0.3, 0.4) is 0 Å². The first-order valence-electron chi connectivity index (χ1n) is 6.27. The average molecular weight is 266 g/mol. The van der Waals surface area contributed by atoms with E-state index in [2.05, 4.69) is 35.0 Å². The fraction of sp³-hybridized carbons (Fsp3) is 0.133. The molecule has 0 fully saturated rings. The zero-order chi connectivity index (χ0) is 14.1.